The van der Waals surface area contributed by atoms with Gasteiger partial charge in [0.25, 0.3) is 0 Å². The van der Waals surface area contributed by atoms with Crippen LogP contribution in [0, 0.1) is 0 Å². The van der Waals surface area contributed by atoms with Gasteiger partial charge in [-0.1, -0.05) is 12.1 Å². The third-order valence-corrected chi connectivity index (χ3v) is 2.14. The van der Waals surface area contributed by atoms with Crippen molar-refractivity contribution in [3.8, 4) is 11.5 Å². The Bertz CT molecular complexity index is 384. The summed E-state index contributed by atoms with van der Waals surface area (Å²) in [5.74, 6) is 1.23. The first-order valence-electron chi connectivity index (χ1n) is 4.65. The van der Waals surface area contributed by atoms with E-state index < -0.39 is 0 Å². The van der Waals surface area contributed by atoms with Gasteiger partial charge in [-0.3, -0.25) is 4.79 Å². The number of amides is 1. The number of nitrogens with two attached hydrogens (primary N) is 1. The fraction of sp³-hybridized carbons (Fsp3) is 0.300. The van der Waals surface area contributed by atoms with Gasteiger partial charge in [0.1, 0.15) is 0 Å². The number of fused-ring (bicyclic) bond motifs is 1. The summed E-state index contributed by atoms with van der Waals surface area (Å²) in [4.78, 5) is 11.0. The SMILES string of the molecule is Cl.NCC(=O)NCc1cccc2c1OCO2. The third-order valence-electron chi connectivity index (χ3n) is 2.14. The van der Waals surface area contributed by atoms with Gasteiger partial charge in [0.05, 0.1) is 6.54 Å². The van der Waals surface area contributed by atoms with Crippen LogP contribution in [-0.4, -0.2) is 19.2 Å². The Labute approximate surface area is 99.3 Å². The summed E-state index contributed by atoms with van der Waals surface area (Å²) < 4.78 is 10.5. The van der Waals surface area contributed by atoms with Crippen molar-refractivity contribution < 1.29 is 14.3 Å². The van der Waals surface area contributed by atoms with E-state index in [0.29, 0.717) is 12.3 Å². The molecule has 1 aliphatic heterocycles. The largest absolute Gasteiger partial charge is 0.454 e. The van der Waals surface area contributed by atoms with Crippen molar-refractivity contribution in [1.82, 2.24) is 5.32 Å². The Balaban J connectivity index is 0.00000128. The van der Waals surface area contributed by atoms with Gasteiger partial charge >= 0.3 is 0 Å². The highest BCUT2D eigenvalue weighted by atomic mass is 35.5. The molecule has 5 nitrogen and oxygen atoms in total. The Morgan fingerprint density at radius 2 is 2.25 bits per heavy atom. The van der Waals surface area contributed by atoms with E-state index in [0.717, 1.165) is 11.3 Å². The Hall–Kier alpha value is -1.46. The predicted molar refractivity (Wildman–Crippen MR) is 60.7 cm³/mol. The topological polar surface area (TPSA) is 73.6 Å². The highest BCUT2D eigenvalue weighted by molar-refractivity contribution is 5.85. The molecule has 2 rings (SSSR count). The molecule has 0 saturated carbocycles. The van der Waals surface area contributed by atoms with Crippen molar-refractivity contribution in [1.29, 1.82) is 0 Å². The molecule has 0 aromatic heterocycles. The normalized spacial score (nSPS) is 11.8. The molecule has 0 aliphatic carbocycles. The van der Waals surface area contributed by atoms with E-state index in [9.17, 15) is 4.79 Å². The number of carbonyl (C=O) groups excluding carboxylic acids is 1. The number of benzene rings is 1. The van der Waals surface area contributed by atoms with Crippen LogP contribution in [0.2, 0.25) is 0 Å². The number of ether oxygens (including phenoxy) is 2. The molecule has 1 heterocycles. The van der Waals surface area contributed by atoms with Crippen LogP contribution in [0.3, 0.4) is 0 Å². The Morgan fingerprint density at radius 3 is 3.00 bits per heavy atom. The first kappa shape index (κ1) is 12.6. The molecule has 0 spiro atoms. The van der Waals surface area contributed by atoms with Crippen LogP contribution < -0.4 is 20.5 Å². The number of rotatable bonds is 3. The van der Waals surface area contributed by atoms with Crippen LogP contribution >= 0.6 is 12.4 Å². The maximum Gasteiger partial charge on any atom is 0.234 e. The van der Waals surface area contributed by atoms with Gasteiger partial charge in [-0.15, -0.1) is 12.4 Å². The molecular weight excluding hydrogens is 232 g/mol. The summed E-state index contributed by atoms with van der Waals surface area (Å²) in [5, 5.41) is 2.68. The average molecular weight is 245 g/mol. The van der Waals surface area contributed by atoms with Gasteiger partial charge in [0, 0.05) is 12.1 Å². The number of hydrogen-bond donors (Lipinski definition) is 2. The predicted octanol–water partition coefficient (Wildman–Crippen LogP) is 0.412. The molecule has 0 fully saturated rings. The van der Waals surface area contributed by atoms with Crippen molar-refractivity contribution in [3.05, 3.63) is 23.8 Å². The summed E-state index contributed by atoms with van der Waals surface area (Å²) in [6.45, 7) is 0.631. The fourth-order valence-corrected chi connectivity index (χ4v) is 1.40. The molecule has 0 atom stereocenters. The van der Waals surface area contributed by atoms with Crippen molar-refractivity contribution in [2.75, 3.05) is 13.3 Å². The lowest BCUT2D eigenvalue weighted by Crippen LogP contribution is -2.29. The van der Waals surface area contributed by atoms with E-state index >= 15 is 0 Å². The standard InChI is InChI=1S/C10H12N2O3.ClH/c11-4-9(13)12-5-7-2-1-3-8-10(7)15-6-14-8;/h1-3H,4-6,11H2,(H,12,13);1H. The summed E-state index contributed by atoms with van der Waals surface area (Å²) in [5.41, 5.74) is 6.08. The molecule has 0 bridgehead atoms. The smallest absolute Gasteiger partial charge is 0.234 e. The summed E-state index contributed by atoms with van der Waals surface area (Å²) in [7, 11) is 0. The molecule has 1 aliphatic rings. The molecule has 0 radical (unpaired) electrons. The lowest BCUT2D eigenvalue weighted by Gasteiger charge is -2.06. The highest BCUT2D eigenvalue weighted by Crippen LogP contribution is 2.35. The van der Waals surface area contributed by atoms with Gasteiger partial charge in [-0.2, -0.15) is 0 Å². The zero-order valence-corrected chi connectivity index (χ0v) is 9.38. The molecule has 0 unspecified atom stereocenters. The maximum absolute atomic E-state index is 11.0. The minimum atomic E-state index is -0.188. The first-order chi connectivity index (χ1) is 7.31. The van der Waals surface area contributed by atoms with Gasteiger partial charge in [0.2, 0.25) is 12.7 Å². The van der Waals surface area contributed by atoms with E-state index in [-0.39, 0.29) is 31.7 Å². The van der Waals surface area contributed by atoms with Crippen LogP contribution in [0.5, 0.6) is 11.5 Å². The van der Waals surface area contributed by atoms with E-state index in [1.807, 2.05) is 18.2 Å². The van der Waals surface area contributed by atoms with Crippen LogP contribution in [0.15, 0.2) is 18.2 Å². The lowest BCUT2D eigenvalue weighted by atomic mass is 10.2. The number of nitrogens with one attached hydrogen (secondary N) is 1. The van der Waals surface area contributed by atoms with Gasteiger partial charge < -0.3 is 20.5 Å². The zero-order chi connectivity index (χ0) is 10.7. The van der Waals surface area contributed by atoms with Crippen LogP contribution in [0.25, 0.3) is 0 Å². The zero-order valence-electron chi connectivity index (χ0n) is 8.56. The second kappa shape index (κ2) is 5.58. The van der Waals surface area contributed by atoms with Crippen LogP contribution in [0.4, 0.5) is 0 Å². The highest BCUT2D eigenvalue weighted by Gasteiger charge is 2.16. The molecule has 3 N–H and O–H groups in total. The first-order valence-corrected chi connectivity index (χ1v) is 4.65. The second-order valence-electron chi connectivity index (χ2n) is 3.13. The van der Waals surface area contributed by atoms with Crippen molar-refractivity contribution in [2.45, 2.75) is 6.54 Å². The molecular formula is C10H13ClN2O3. The van der Waals surface area contributed by atoms with Gasteiger partial charge in [0.15, 0.2) is 11.5 Å². The van der Waals surface area contributed by atoms with Crippen LogP contribution in [0.1, 0.15) is 5.56 Å². The van der Waals surface area contributed by atoms with E-state index in [1.165, 1.54) is 0 Å². The molecule has 16 heavy (non-hydrogen) atoms. The number of halogens is 1. The molecule has 1 amide bonds. The molecule has 1 aromatic rings. The van der Waals surface area contributed by atoms with E-state index in [1.54, 1.807) is 0 Å². The quantitative estimate of drug-likeness (QED) is 0.808. The average Bonchev–Trinajstić information content (AvgIpc) is 2.74. The minimum absolute atomic E-state index is 0. The molecule has 6 heteroatoms. The number of hydrogen-bond acceptors (Lipinski definition) is 4. The fourth-order valence-electron chi connectivity index (χ4n) is 1.40. The maximum atomic E-state index is 11.0. The lowest BCUT2D eigenvalue weighted by molar-refractivity contribution is -0.119. The Morgan fingerprint density at radius 1 is 1.44 bits per heavy atom. The Kier molecular flexibility index (Phi) is 4.39. The van der Waals surface area contributed by atoms with E-state index in [2.05, 4.69) is 5.32 Å². The molecule has 0 saturated heterocycles. The van der Waals surface area contributed by atoms with E-state index in [4.69, 9.17) is 15.2 Å². The molecule has 88 valence electrons. The minimum Gasteiger partial charge on any atom is -0.454 e. The summed E-state index contributed by atoms with van der Waals surface area (Å²) in [6.07, 6.45) is 0. The number of carbonyl (C=O) groups is 1. The second-order valence-corrected chi connectivity index (χ2v) is 3.13. The molecule has 1 aromatic carbocycles. The monoisotopic (exact) mass is 244 g/mol. The number of para-hydroxylation sites is 1. The van der Waals surface area contributed by atoms with Crippen molar-refractivity contribution in [3.63, 3.8) is 0 Å². The van der Waals surface area contributed by atoms with Crippen molar-refractivity contribution >= 4 is 18.3 Å². The third kappa shape index (κ3) is 2.56. The summed E-state index contributed by atoms with van der Waals surface area (Å²) in [6, 6.07) is 5.57. The van der Waals surface area contributed by atoms with Crippen LogP contribution in [-0.2, 0) is 11.3 Å². The summed E-state index contributed by atoms with van der Waals surface area (Å²) >= 11 is 0. The van der Waals surface area contributed by atoms with Gasteiger partial charge in [-0.25, -0.2) is 0 Å². The van der Waals surface area contributed by atoms with Gasteiger partial charge in [-0.05, 0) is 6.07 Å². The van der Waals surface area contributed by atoms with Crippen molar-refractivity contribution in [2.24, 2.45) is 5.73 Å².